The molecule has 3 unspecified atom stereocenters. The van der Waals surface area contributed by atoms with Gasteiger partial charge in [-0.3, -0.25) is 0 Å². The summed E-state index contributed by atoms with van der Waals surface area (Å²) in [5, 5.41) is 13.2. The van der Waals surface area contributed by atoms with E-state index in [1.54, 1.807) is 0 Å². The molecule has 0 spiro atoms. The summed E-state index contributed by atoms with van der Waals surface area (Å²) in [6, 6.07) is 1.37. The summed E-state index contributed by atoms with van der Waals surface area (Å²) < 4.78 is 0. The summed E-state index contributed by atoms with van der Waals surface area (Å²) in [6.45, 7) is 9.48. The molecule has 2 aliphatic rings. The van der Waals surface area contributed by atoms with E-state index in [-0.39, 0.29) is 12.1 Å². The van der Waals surface area contributed by atoms with Crippen molar-refractivity contribution in [2.45, 2.75) is 70.5 Å². The molecule has 0 radical (unpaired) electrons. The molecular weight excluding hydrogens is 224 g/mol. The largest absolute Gasteiger partial charge is 0.394 e. The molecule has 1 heterocycles. The molecule has 18 heavy (non-hydrogen) atoms. The molecule has 0 aromatic heterocycles. The van der Waals surface area contributed by atoms with Crippen LogP contribution in [-0.2, 0) is 0 Å². The van der Waals surface area contributed by atoms with E-state index in [0.717, 1.165) is 18.9 Å². The highest BCUT2D eigenvalue weighted by molar-refractivity contribution is 4.93. The van der Waals surface area contributed by atoms with Crippen LogP contribution >= 0.6 is 0 Å². The van der Waals surface area contributed by atoms with Gasteiger partial charge in [0, 0.05) is 24.2 Å². The van der Waals surface area contributed by atoms with Gasteiger partial charge in [0.05, 0.1) is 6.61 Å². The lowest BCUT2D eigenvalue weighted by Gasteiger charge is -2.39. The zero-order valence-electron chi connectivity index (χ0n) is 12.3. The lowest BCUT2D eigenvalue weighted by atomic mass is 9.91. The number of aliphatic hydroxyl groups is 1. The van der Waals surface area contributed by atoms with Gasteiger partial charge in [0.15, 0.2) is 0 Å². The first-order valence-electron chi connectivity index (χ1n) is 7.65. The number of nitrogens with one attached hydrogen (secondary N) is 1. The molecule has 2 fully saturated rings. The minimum Gasteiger partial charge on any atom is -0.394 e. The molecule has 1 saturated heterocycles. The van der Waals surface area contributed by atoms with E-state index in [9.17, 15) is 5.11 Å². The van der Waals surface area contributed by atoms with Crippen molar-refractivity contribution in [1.82, 2.24) is 10.2 Å². The van der Waals surface area contributed by atoms with Crippen LogP contribution in [0.5, 0.6) is 0 Å². The minimum absolute atomic E-state index is 0.0794. The van der Waals surface area contributed by atoms with Crippen molar-refractivity contribution in [1.29, 1.82) is 0 Å². The fourth-order valence-electron chi connectivity index (χ4n) is 3.10. The number of nitrogens with zero attached hydrogens (tertiary/aromatic N) is 1. The van der Waals surface area contributed by atoms with E-state index in [1.165, 1.54) is 32.2 Å². The zero-order valence-corrected chi connectivity index (χ0v) is 12.3. The van der Waals surface area contributed by atoms with Crippen LogP contribution in [0.25, 0.3) is 0 Å². The summed E-state index contributed by atoms with van der Waals surface area (Å²) >= 11 is 0. The molecule has 1 aliphatic carbocycles. The highest BCUT2D eigenvalue weighted by Crippen LogP contribution is 2.26. The zero-order chi connectivity index (χ0) is 13.2. The van der Waals surface area contributed by atoms with Crippen LogP contribution in [0, 0.1) is 5.92 Å². The van der Waals surface area contributed by atoms with E-state index in [0.29, 0.717) is 12.1 Å². The standard InChI is InChI=1S/C15H30N2O/c1-12-6-8-17(13(2)10-12)9-7-15(3,11-18)16-14-4-5-14/h12-14,16,18H,4-11H2,1-3H3. The van der Waals surface area contributed by atoms with Gasteiger partial charge >= 0.3 is 0 Å². The maximum Gasteiger partial charge on any atom is 0.0611 e. The van der Waals surface area contributed by atoms with Gasteiger partial charge in [0.25, 0.3) is 0 Å². The SMILES string of the molecule is CC1CCN(CCC(C)(CO)NC2CC2)C(C)C1. The fourth-order valence-corrected chi connectivity index (χ4v) is 3.10. The molecule has 2 rings (SSSR count). The van der Waals surface area contributed by atoms with Gasteiger partial charge in [-0.25, -0.2) is 0 Å². The van der Waals surface area contributed by atoms with Gasteiger partial charge in [-0.05, 0) is 58.4 Å². The highest BCUT2D eigenvalue weighted by atomic mass is 16.3. The van der Waals surface area contributed by atoms with Crippen molar-refractivity contribution in [3.05, 3.63) is 0 Å². The summed E-state index contributed by atoms with van der Waals surface area (Å²) in [5.41, 5.74) is -0.0794. The van der Waals surface area contributed by atoms with Crippen LogP contribution in [0.2, 0.25) is 0 Å². The van der Waals surface area contributed by atoms with E-state index in [2.05, 4.69) is 31.0 Å². The molecule has 3 nitrogen and oxygen atoms in total. The fraction of sp³-hybridized carbons (Fsp3) is 1.00. The molecule has 1 saturated carbocycles. The Kier molecular flexibility index (Phi) is 4.68. The Labute approximate surface area is 112 Å². The number of hydrogen-bond acceptors (Lipinski definition) is 3. The van der Waals surface area contributed by atoms with Crippen LogP contribution in [0.15, 0.2) is 0 Å². The number of likely N-dealkylation sites (tertiary alicyclic amines) is 1. The van der Waals surface area contributed by atoms with Crippen LogP contribution < -0.4 is 5.32 Å². The second-order valence-corrected chi connectivity index (χ2v) is 6.90. The third kappa shape index (κ3) is 3.94. The first-order valence-corrected chi connectivity index (χ1v) is 7.65. The quantitative estimate of drug-likeness (QED) is 0.761. The van der Waals surface area contributed by atoms with E-state index in [4.69, 9.17) is 0 Å². The van der Waals surface area contributed by atoms with Gasteiger partial charge in [-0.15, -0.1) is 0 Å². The number of hydrogen-bond donors (Lipinski definition) is 2. The van der Waals surface area contributed by atoms with Crippen molar-refractivity contribution >= 4 is 0 Å². The normalized spacial score (nSPS) is 33.3. The van der Waals surface area contributed by atoms with Crippen LogP contribution in [0.3, 0.4) is 0 Å². The third-order valence-corrected chi connectivity index (χ3v) is 4.71. The monoisotopic (exact) mass is 254 g/mol. The molecule has 2 N–H and O–H groups in total. The van der Waals surface area contributed by atoms with Gasteiger partial charge < -0.3 is 15.3 Å². The van der Waals surface area contributed by atoms with Gasteiger partial charge in [0.1, 0.15) is 0 Å². The van der Waals surface area contributed by atoms with Crippen LogP contribution in [0.4, 0.5) is 0 Å². The van der Waals surface area contributed by atoms with Gasteiger partial charge in [-0.1, -0.05) is 6.92 Å². The number of aliphatic hydroxyl groups excluding tert-OH is 1. The maximum absolute atomic E-state index is 9.62. The average molecular weight is 254 g/mol. The van der Waals surface area contributed by atoms with E-state index < -0.39 is 0 Å². The molecule has 3 heteroatoms. The van der Waals surface area contributed by atoms with Gasteiger partial charge in [-0.2, -0.15) is 0 Å². The smallest absolute Gasteiger partial charge is 0.0611 e. The van der Waals surface area contributed by atoms with Gasteiger partial charge in [0.2, 0.25) is 0 Å². The van der Waals surface area contributed by atoms with Crippen molar-refractivity contribution in [3.8, 4) is 0 Å². The van der Waals surface area contributed by atoms with E-state index >= 15 is 0 Å². The van der Waals surface area contributed by atoms with Crippen molar-refractivity contribution < 1.29 is 5.11 Å². The maximum atomic E-state index is 9.62. The van der Waals surface area contributed by atoms with E-state index in [1.807, 2.05) is 0 Å². The Morgan fingerprint density at radius 2 is 2.00 bits per heavy atom. The first kappa shape index (κ1) is 14.3. The molecule has 0 bridgehead atoms. The molecular formula is C15H30N2O. The van der Waals surface area contributed by atoms with Crippen molar-refractivity contribution in [3.63, 3.8) is 0 Å². The first-order chi connectivity index (χ1) is 8.52. The predicted molar refractivity (Wildman–Crippen MR) is 75.7 cm³/mol. The second kappa shape index (κ2) is 5.89. The summed E-state index contributed by atoms with van der Waals surface area (Å²) in [7, 11) is 0. The second-order valence-electron chi connectivity index (χ2n) is 6.90. The lowest BCUT2D eigenvalue weighted by Crippen LogP contribution is -2.50. The Morgan fingerprint density at radius 1 is 1.28 bits per heavy atom. The Hall–Kier alpha value is -0.120. The molecule has 0 aromatic carbocycles. The predicted octanol–water partition coefficient (Wildman–Crippen LogP) is 2.00. The molecule has 1 aliphatic heterocycles. The Bertz CT molecular complexity index is 267. The number of rotatable bonds is 6. The summed E-state index contributed by atoms with van der Waals surface area (Å²) in [4.78, 5) is 2.60. The van der Waals surface area contributed by atoms with Crippen LogP contribution in [0.1, 0.15) is 52.9 Å². The Morgan fingerprint density at radius 3 is 2.56 bits per heavy atom. The van der Waals surface area contributed by atoms with Crippen LogP contribution in [-0.4, -0.2) is 47.3 Å². The summed E-state index contributed by atoms with van der Waals surface area (Å²) in [5.74, 6) is 0.880. The Balaban J connectivity index is 1.77. The third-order valence-electron chi connectivity index (χ3n) is 4.71. The van der Waals surface area contributed by atoms with Crippen molar-refractivity contribution in [2.75, 3.05) is 19.7 Å². The topological polar surface area (TPSA) is 35.5 Å². The number of piperidine rings is 1. The minimum atomic E-state index is -0.0794. The molecule has 0 aromatic rings. The highest BCUT2D eigenvalue weighted by Gasteiger charge is 2.33. The molecule has 0 amide bonds. The summed E-state index contributed by atoms with van der Waals surface area (Å²) in [6.07, 6.45) is 6.28. The molecule has 3 atom stereocenters. The lowest BCUT2D eigenvalue weighted by molar-refractivity contribution is 0.0973. The average Bonchev–Trinajstić information content (AvgIpc) is 3.12. The molecule has 106 valence electrons. The van der Waals surface area contributed by atoms with Crippen molar-refractivity contribution in [2.24, 2.45) is 5.92 Å².